The van der Waals surface area contributed by atoms with Crippen LogP contribution in [0.4, 0.5) is 0 Å². The number of aliphatic hydroxyl groups excluding tert-OH is 1. The molecule has 1 atom stereocenters. The topological polar surface area (TPSA) is 38.0 Å². The molecule has 3 nitrogen and oxygen atoms in total. The molecule has 0 amide bonds. The third kappa shape index (κ3) is 4.62. The van der Waals surface area contributed by atoms with Gasteiger partial charge in [0.05, 0.1) is 11.8 Å². The molecule has 1 heterocycles. The highest BCUT2D eigenvalue weighted by atomic mass is 16.3. The molecule has 1 aromatic heterocycles. The minimum absolute atomic E-state index is 0.404. The Kier molecular flexibility index (Phi) is 7.90. The number of aromatic nitrogens is 2. The van der Waals surface area contributed by atoms with Crippen molar-refractivity contribution in [2.75, 3.05) is 0 Å². The molecule has 20 heavy (non-hydrogen) atoms. The van der Waals surface area contributed by atoms with E-state index >= 15 is 0 Å². The van der Waals surface area contributed by atoms with Crippen LogP contribution < -0.4 is 0 Å². The van der Waals surface area contributed by atoms with E-state index in [1.165, 1.54) is 44.2 Å². The maximum Gasteiger partial charge on any atom is 0.0798 e. The largest absolute Gasteiger partial charge is 0.389 e. The average molecular weight is 280 g/mol. The molecule has 0 bridgehead atoms. The average Bonchev–Trinajstić information content (AvgIpc) is 2.80. The summed E-state index contributed by atoms with van der Waals surface area (Å²) in [4.78, 5) is 0. The molecule has 1 unspecified atom stereocenters. The van der Waals surface area contributed by atoms with Gasteiger partial charge in [-0.15, -0.1) is 0 Å². The van der Waals surface area contributed by atoms with Crippen LogP contribution >= 0.6 is 0 Å². The Labute approximate surface area is 124 Å². The number of rotatable bonds is 10. The molecular formula is C17H32N2O. The molecule has 0 saturated carbocycles. The van der Waals surface area contributed by atoms with Crippen molar-refractivity contribution in [1.29, 1.82) is 0 Å². The quantitative estimate of drug-likeness (QED) is 0.644. The lowest BCUT2D eigenvalue weighted by Crippen LogP contribution is -2.06. The summed E-state index contributed by atoms with van der Waals surface area (Å²) in [6, 6.07) is 0. The highest BCUT2D eigenvalue weighted by molar-refractivity contribution is 5.28. The molecule has 116 valence electrons. The fraction of sp³-hybridized carbons (Fsp3) is 0.824. The molecule has 0 aliphatic rings. The Morgan fingerprint density at radius 3 is 2.20 bits per heavy atom. The van der Waals surface area contributed by atoms with Crippen LogP contribution in [0.1, 0.15) is 89.3 Å². The van der Waals surface area contributed by atoms with Crippen molar-refractivity contribution < 1.29 is 5.11 Å². The van der Waals surface area contributed by atoms with Gasteiger partial charge in [-0.3, -0.25) is 4.68 Å². The highest BCUT2D eigenvalue weighted by Gasteiger charge is 2.18. The number of unbranched alkanes of at least 4 members (excludes halogenated alkanes) is 5. The maximum absolute atomic E-state index is 9.98. The molecule has 1 N–H and O–H groups in total. The van der Waals surface area contributed by atoms with E-state index in [4.69, 9.17) is 5.10 Å². The summed E-state index contributed by atoms with van der Waals surface area (Å²) in [5.41, 5.74) is 3.37. The van der Waals surface area contributed by atoms with E-state index < -0.39 is 6.10 Å². The molecule has 0 aliphatic heterocycles. The lowest BCUT2D eigenvalue weighted by atomic mass is 10.0. The summed E-state index contributed by atoms with van der Waals surface area (Å²) in [6.45, 7) is 9.36. The van der Waals surface area contributed by atoms with Crippen molar-refractivity contribution in [2.45, 2.75) is 91.7 Å². The molecule has 0 aliphatic carbocycles. The van der Waals surface area contributed by atoms with Gasteiger partial charge in [0.15, 0.2) is 0 Å². The molecule has 0 spiro atoms. The van der Waals surface area contributed by atoms with Crippen molar-refractivity contribution in [3.8, 4) is 0 Å². The van der Waals surface area contributed by atoms with Crippen molar-refractivity contribution in [3.63, 3.8) is 0 Å². The summed E-state index contributed by atoms with van der Waals surface area (Å²) in [5, 5.41) is 14.7. The van der Waals surface area contributed by atoms with Gasteiger partial charge in [-0.1, -0.05) is 52.9 Å². The summed E-state index contributed by atoms with van der Waals surface area (Å²) < 4.78 is 2.14. The summed E-state index contributed by atoms with van der Waals surface area (Å²) in [6.07, 6.45) is 9.27. The highest BCUT2D eigenvalue weighted by Crippen LogP contribution is 2.24. The molecule has 0 aromatic carbocycles. The molecule has 0 radical (unpaired) electrons. The number of hydrogen-bond donors (Lipinski definition) is 1. The van der Waals surface area contributed by atoms with Crippen molar-refractivity contribution in [1.82, 2.24) is 9.78 Å². The fourth-order valence-corrected chi connectivity index (χ4v) is 2.91. The molecule has 3 heteroatoms. The van der Waals surface area contributed by atoms with E-state index in [1.54, 1.807) is 0 Å². The van der Waals surface area contributed by atoms with Crippen molar-refractivity contribution >= 4 is 0 Å². The number of hydrogen-bond acceptors (Lipinski definition) is 2. The Morgan fingerprint density at radius 2 is 1.65 bits per heavy atom. The predicted molar refractivity (Wildman–Crippen MR) is 85.0 cm³/mol. The van der Waals surface area contributed by atoms with Crippen LogP contribution in [0, 0.1) is 0 Å². The van der Waals surface area contributed by atoms with Crippen LogP contribution in [0.15, 0.2) is 0 Å². The van der Waals surface area contributed by atoms with Gasteiger partial charge < -0.3 is 5.11 Å². The number of nitrogens with zero attached hydrogens (tertiary/aromatic N) is 2. The predicted octanol–water partition coefficient (Wildman–Crippen LogP) is 4.42. The molecule has 0 saturated heterocycles. The molecule has 1 rings (SSSR count). The monoisotopic (exact) mass is 280 g/mol. The Balaban J connectivity index is 2.61. The zero-order valence-electron chi connectivity index (χ0n) is 13.8. The molecular weight excluding hydrogens is 248 g/mol. The fourth-order valence-electron chi connectivity index (χ4n) is 2.91. The second kappa shape index (κ2) is 9.17. The van der Waals surface area contributed by atoms with Gasteiger partial charge in [-0.2, -0.15) is 5.10 Å². The first-order valence-electron chi connectivity index (χ1n) is 8.42. The van der Waals surface area contributed by atoms with Crippen LogP contribution in [0.2, 0.25) is 0 Å². The van der Waals surface area contributed by atoms with Gasteiger partial charge in [0.2, 0.25) is 0 Å². The first kappa shape index (κ1) is 17.2. The number of aliphatic hydroxyl groups is 1. The van der Waals surface area contributed by atoms with E-state index in [2.05, 4.69) is 25.5 Å². The first-order chi connectivity index (χ1) is 9.65. The van der Waals surface area contributed by atoms with E-state index in [0.717, 1.165) is 30.6 Å². The van der Waals surface area contributed by atoms with E-state index in [-0.39, 0.29) is 0 Å². The third-order valence-electron chi connectivity index (χ3n) is 3.99. The second-order valence-electron chi connectivity index (χ2n) is 5.68. The first-order valence-corrected chi connectivity index (χ1v) is 8.42. The minimum Gasteiger partial charge on any atom is -0.389 e. The van der Waals surface area contributed by atoms with Gasteiger partial charge in [0.25, 0.3) is 0 Å². The number of aryl methyl sites for hydroxylation is 2. The SMILES string of the molecule is CCCCCCCCn1nc(CC)c(C(C)O)c1CC. The van der Waals surface area contributed by atoms with Crippen LogP contribution in [0.25, 0.3) is 0 Å². The second-order valence-corrected chi connectivity index (χ2v) is 5.68. The van der Waals surface area contributed by atoms with E-state index in [9.17, 15) is 5.11 Å². The smallest absolute Gasteiger partial charge is 0.0798 e. The third-order valence-corrected chi connectivity index (χ3v) is 3.99. The molecule has 1 aromatic rings. The van der Waals surface area contributed by atoms with Crippen LogP contribution in [0.3, 0.4) is 0 Å². The van der Waals surface area contributed by atoms with Gasteiger partial charge in [0.1, 0.15) is 0 Å². The molecule has 0 fully saturated rings. The van der Waals surface area contributed by atoms with Crippen LogP contribution in [-0.2, 0) is 19.4 Å². The minimum atomic E-state index is -0.404. The van der Waals surface area contributed by atoms with E-state index in [0.29, 0.717) is 0 Å². The lowest BCUT2D eigenvalue weighted by molar-refractivity contribution is 0.197. The van der Waals surface area contributed by atoms with Crippen molar-refractivity contribution in [3.05, 3.63) is 17.0 Å². The standard InChI is InChI=1S/C17H32N2O/c1-5-8-9-10-11-12-13-19-16(7-3)17(14(4)20)15(6-2)18-19/h14,20H,5-13H2,1-4H3. The van der Waals surface area contributed by atoms with Crippen LogP contribution in [0.5, 0.6) is 0 Å². The van der Waals surface area contributed by atoms with Gasteiger partial charge >= 0.3 is 0 Å². The Hall–Kier alpha value is -0.830. The summed E-state index contributed by atoms with van der Waals surface area (Å²) in [5.74, 6) is 0. The lowest BCUT2D eigenvalue weighted by Gasteiger charge is -2.09. The summed E-state index contributed by atoms with van der Waals surface area (Å²) in [7, 11) is 0. The van der Waals surface area contributed by atoms with Gasteiger partial charge in [0, 0.05) is 17.8 Å². The Bertz CT molecular complexity index is 383. The maximum atomic E-state index is 9.98. The normalized spacial score (nSPS) is 12.8. The van der Waals surface area contributed by atoms with Crippen LogP contribution in [-0.4, -0.2) is 14.9 Å². The summed E-state index contributed by atoms with van der Waals surface area (Å²) >= 11 is 0. The van der Waals surface area contributed by atoms with Gasteiger partial charge in [-0.25, -0.2) is 0 Å². The van der Waals surface area contributed by atoms with Gasteiger partial charge in [-0.05, 0) is 26.2 Å². The zero-order chi connectivity index (χ0) is 15.0. The van der Waals surface area contributed by atoms with E-state index in [1.807, 2.05) is 6.92 Å². The van der Waals surface area contributed by atoms with Crippen molar-refractivity contribution in [2.24, 2.45) is 0 Å². The zero-order valence-corrected chi connectivity index (χ0v) is 13.8. The Morgan fingerprint density at radius 1 is 1.00 bits per heavy atom.